The number of ether oxygens (including phenoxy) is 2. The van der Waals surface area contributed by atoms with Crippen molar-refractivity contribution in [1.29, 1.82) is 0 Å². The fourth-order valence-corrected chi connectivity index (χ4v) is 2.93. The third kappa shape index (κ3) is 3.84. The molecule has 120 valence electrons. The highest BCUT2D eigenvalue weighted by Crippen LogP contribution is 2.29. The summed E-state index contributed by atoms with van der Waals surface area (Å²) in [6.45, 7) is 2.58. The number of benzene rings is 1. The molecule has 0 radical (unpaired) electrons. The highest BCUT2D eigenvalue weighted by atomic mass is 16.5. The Bertz CT molecular complexity index is 525. The average Bonchev–Trinajstić information content (AvgIpc) is 3.07. The Morgan fingerprint density at radius 3 is 2.86 bits per heavy atom. The largest absolute Gasteiger partial charge is 0.497 e. The molecule has 3 rings (SSSR count). The third-order valence-electron chi connectivity index (χ3n) is 4.21. The van der Waals surface area contributed by atoms with Crippen LogP contribution in [0.3, 0.4) is 0 Å². The van der Waals surface area contributed by atoms with Gasteiger partial charge in [-0.05, 0) is 44.2 Å². The normalized spacial score (nSPS) is 18.5. The van der Waals surface area contributed by atoms with E-state index in [-0.39, 0.29) is 0 Å². The second kappa shape index (κ2) is 7.38. The Hall–Kier alpha value is -1.91. The molecule has 1 aliphatic heterocycles. The molecular formula is C17H25N3O2. The molecule has 22 heavy (non-hydrogen) atoms. The van der Waals surface area contributed by atoms with E-state index in [0.717, 1.165) is 55.4 Å². The molecule has 5 heteroatoms. The number of nitrogens with zero attached hydrogens (tertiary/aromatic N) is 1. The zero-order valence-electron chi connectivity index (χ0n) is 13.2. The molecule has 1 aromatic carbocycles. The number of hydrogen-bond donors (Lipinski definition) is 2. The molecule has 0 unspecified atom stereocenters. The number of methoxy groups -OCH3 is 1. The van der Waals surface area contributed by atoms with Crippen LogP contribution in [-0.4, -0.2) is 32.3 Å². The minimum atomic E-state index is 0.344. The van der Waals surface area contributed by atoms with Crippen molar-refractivity contribution in [3.05, 3.63) is 23.8 Å². The molecule has 0 bridgehead atoms. The van der Waals surface area contributed by atoms with Gasteiger partial charge in [-0.3, -0.25) is 4.99 Å². The van der Waals surface area contributed by atoms with Crippen molar-refractivity contribution in [2.75, 3.05) is 20.2 Å². The lowest BCUT2D eigenvalue weighted by Crippen LogP contribution is -2.40. The predicted molar refractivity (Wildman–Crippen MR) is 87.6 cm³/mol. The Morgan fingerprint density at radius 2 is 2.14 bits per heavy atom. The van der Waals surface area contributed by atoms with Gasteiger partial charge >= 0.3 is 0 Å². The number of aliphatic imine (C=N–C) groups is 1. The minimum Gasteiger partial charge on any atom is -0.497 e. The first-order chi connectivity index (χ1) is 10.8. The van der Waals surface area contributed by atoms with Gasteiger partial charge in [0.1, 0.15) is 11.5 Å². The smallest absolute Gasteiger partial charge is 0.191 e. The fourth-order valence-electron chi connectivity index (χ4n) is 2.93. The molecule has 1 saturated carbocycles. The van der Waals surface area contributed by atoms with Gasteiger partial charge in [0.05, 0.1) is 13.2 Å². The highest BCUT2D eigenvalue weighted by molar-refractivity contribution is 5.80. The Morgan fingerprint density at radius 1 is 1.27 bits per heavy atom. The van der Waals surface area contributed by atoms with Crippen molar-refractivity contribution in [2.24, 2.45) is 4.99 Å². The summed E-state index contributed by atoms with van der Waals surface area (Å²) < 4.78 is 11.5. The van der Waals surface area contributed by atoms with Gasteiger partial charge in [0.2, 0.25) is 0 Å². The molecule has 2 N–H and O–H groups in total. The maximum Gasteiger partial charge on any atom is 0.191 e. The molecule has 0 saturated heterocycles. The van der Waals surface area contributed by atoms with Gasteiger partial charge in [-0.2, -0.15) is 0 Å². The third-order valence-corrected chi connectivity index (χ3v) is 4.21. The van der Waals surface area contributed by atoms with Crippen molar-refractivity contribution >= 4 is 5.96 Å². The van der Waals surface area contributed by atoms with E-state index in [1.165, 1.54) is 12.8 Å². The van der Waals surface area contributed by atoms with Crippen LogP contribution >= 0.6 is 0 Å². The van der Waals surface area contributed by atoms with Crippen LogP contribution in [0.25, 0.3) is 0 Å². The van der Waals surface area contributed by atoms with Gasteiger partial charge in [-0.15, -0.1) is 0 Å². The molecule has 1 heterocycles. The Kier molecular flexibility index (Phi) is 5.03. The fraction of sp³-hybridized carbons (Fsp3) is 0.588. The van der Waals surface area contributed by atoms with Crippen LogP contribution in [0, 0.1) is 0 Å². The van der Waals surface area contributed by atoms with E-state index < -0.39 is 0 Å². The monoisotopic (exact) mass is 303 g/mol. The Balaban J connectivity index is 1.69. The van der Waals surface area contributed by atoms with Gasteiger partial charge < -0.3 is 20.1 Å². The molecule has 1 aromatic rings. The predicted octanol–water partition coefficient (Wildman–Crippen LogP) is 2.46. The number of hydrogen-bond acceptors (Lipinski definition) is 5. The lowest BCUT2D eigenvalue weighted by molar-refractivity contribution is 0.207. The second-order valence-corrected chi connectivity index (χ2v) is 5.86. The summed E-state index contributed by atoms with van der Waals surface area (Å²) in [6, 6.07) is 6.04. The van der Waals surface area contributed by atoms with Crippen LogP contribution in [-0.2, 0) is 6.54 Å². The summed E-state index contributed by atoms with van der Waals surface area (Å²) in [6.07, 6.45) is 6.28. The summed E-state index contributed by atoms with van der Waals surface area (Å²) in [5.41, 5.74) is 1.14. The van der Waals surface area contributed by atoms with Crippen molar-refractivity contribution in [3.63, 3.8) is 0 Å². The second-order valence-electron chi connectivity index (χ2n) is 5.86. The van der Waals surface area contributed by atoms with E-state index in [4.69, 9.17) is 9.47 Å². The molecule has 5 nitrogen and oxygen atoms in total. The SMILES string of the molecule is COc1ccc(CNC2=NCCCN2)c(OC2CCCC2)c1. The first-order valence-electron chi connectivity index (χ1n) is 8.21. The van der Waals surface area contributed by atoms with Crippen LogP contribution in [0.5, 0.6) is 11.5 Å². The number of rotatable bonds is 5. The molecule has 2 aliphatic rings. The zero-order valence-corrected chi connectivity index (χ0v) is 13.2. The van der Waals surface area contributed by atoms with Crippen LogP contribution in [0.15, 0.2) is 23.2 Å². The number of nitrogens with one attached hydrogen (secondary N) is 2. The maximum atomic E-state index is 6.21. The summed E-state index contributed by atoms with van der Waals surface area (Å²) in [4.78, 5) is 4.44. The van der Waals surface area contributed by atoms with Gasteiger partial charge in [-0.1, -0.05) is 0 Å². The number of guanidine groups is 1. The molecule has 0 spiro atoms. The Labute approximate surface area is 132 Å². The van der Waals surface area contributed by atoms with Gasteiger partial charge in [-0.25, -0.2) is 0 Å². The summed E-state index contributed by atoms with van der Waals surface area (Å²) in [5.74, 6) is 2.65. The van der Waals surface area contributed by atoms with Crippen molar-refractivity contribution in [2.45, 2.75) is 44.8 Å². The summed E-state index contributed by atoms with van der Waals surface area (Å²) in [5, 5.41) is 6.64. The van der Waals surface area contributed by atoms with Crippen molar-refractivity contribution < 1.29 is 9.47 Å². The molecule has 1 aliphatic carbocycles. The van der Waals surface area contributed by atoms with Crippen LogP contribution < -0.4 is 20.1 Å². The first kappa shape index (κ1) is 15.0. The topological polar surface area (TPSA) is 54.9 Å². The highest BCUT2D eigenvalue weighted by Gasteiger charge is 2.18. The van der Waals surface area contributed by atoms with Gasteiger partial charge in [0.15, 0.2) is 5.96 Å². The maximum absolute atomic E-state index is 6.21. The van der Waals surface area contributed by atoms with E-state index in [9.17, 15) is 0 Å². The molecule has 0 atom stereocenters. The van der Waals surface area contributed by atoms with E-state index in [2.05, 4.69) is 21.7 Å². The van der Waals surface area contributed by atoms with E-state index in [1.807, 2.05) is 12.1 Å². The van der Waals surface area contributed by atoms with Crippen LogP contribution in [0.4, 0.5) is 0 Å². The van der Waals surface area contributed by atoms with E-state index in [0.29, 0.717) is 12.6 Å². The lowest BCUT2D eigenvalue weighted by atomic mass is 10.2. The average molecular weight is 303 g/mol. The van der Waals surface area contributed by atoms with Crippen molar-refractivity contribution in [1.82, 2.24) is 10.6 Å². The zero-order chi connectivity index (χ0) is 15.2. The minimum absolute atomic E-state index is 0.344. The molecule has 0 aromatic heterocycles. The summed E-state index contributed by atoms with van der Waals surface area (Å²) >= 11 is 0. The van der Waals surface area contributed by atoms with Crippen LogP contribution in [0.2, 0.25) is 0 Å². The van der Waals surface area contributed by atoms with Gasteiger partial charge in [0, 0.05) is 31.3 Å². The lowest BCUT2D eigenvalue weighted by Gasteiger charge is -2.20. The molecule has 0 amide bonds. The molecular weight excluding hydrogens is 278 g/mol. The summed E-state index contributed by atoms with van der Waals surface area (Å²) in [7, 11) is 1.69. The van der Waals surface area contributed by atoms with Crippen molar-refractivity contribution in [3.8, 4) is 11.5 Å². The molecule has 1 fully saturated rings. The van der Waals surface area contributed by atoms with Gasteiger partial charge in [0.25, 0.3) is 0 Å². The quantitative estimate of drug-likeness (QED) is 0.877. The standard InChI is InChI=1S/C17H25N3O2/c1-21-15-8-7-13(12-20-17-18-9-4-10-19-17)16(11-15)22-14-5-2-3-6-14/h7-8,11,14H,2-6,9-10,12H2,1H3,(H2,18,19,20). The van der Waals surface area contributed by atoms with E-state index in [1.54, 1.807) is 7.11 Å². The van der Waals surface area contributed by atoms with Crippen LogP contribution in [0.1, 0.15) is 37.7 Å². The van der Waals surface area contributed by atoms with E-state index >= 15 is 0 Å². The first-order valence-corrected chi connectivity index (χ1v) is 8.21.